The van der Waals surface area contributed by atoms with Crippen LogP contribution in [0.1, 0.15) is 23.6 Å². The van der Waals surface area contributed by atoms with E-state index in [1.54, 1.807) is 37.1 Å². The molecule has 0 aliphatic heterocycles. The van der Waals surface area contributed by atoms with Crippen LogP contribution in [0.15, 0.2) is 30.3 Å². The highest BCUT2D eigenvalue weighted by atomic mass is 35.5. The molecule has 2 amide bonds. The number of carbonyl (C=O) groups is 2. The Balaban J connectivity index is 2.01. The van der Waals surface area contributed by atoms with Crippen LogP contribution in [-0.2, 0) is 9.59 Å². The molecule has 7 heteroatoms. The van der Waals surface area contributed by atoms with Gasteiger partial charge in [-0.3, -0.25) is 14.5 Å². The molecule has 0 radical (unpaired) electrons. The fraction of sp³-hybridized carbons (Fsp3) is 0.364. The van der Waals surface area contributed by atoms with Gasteiger partial charge in [0.25, 0.3) is 0 Å². The number of anilines is 2. The lowest BCUT2D eigenvalue weighted by molar-refractivity contribution is -0.122. The summed E-state index contributed by atoms with van der Waals surface area (Å²) < 4.78 is 5.25. The van der Waals surface area contributed by atoms with E-state index in [1.165, 1.54) is 7.11 Å². The Kier molecular flexibility index (Phi) is 7.65. The average Bonchev–Trinajstić information content (AvgIpc) is 2.64. The predicted molar refractivity (Wildman–Crippen MR) is 118 cm³/mol. The number of benzene rings is 2. The Morgan fingerprint density at radius 1 is 1.10 bits per heavy atom. The highest BCUT2D eigenvalue weighted by Gasteiger charge is 2.22. The van der Waals surface area contributed by atoms with Crippen LogP contribution in [0.25, 0.3) is 0 Å². The van der Waals surface area contributed by atoms with Gasteiger partial charge < -0.3 is 15.4 Å². The number of hydrogen-bond donors (Lipinski definition) is 2. The van der Waals surface area contributed by atoms with Crippen LogP contribution in [0.4, 0.5) is 11.4 Å². The average molecular weight is 418 g/mol. The number of nitrogens with one attached hydrogen (secondary N) is 2. The van der Waals surface area contributed by atoms with Gasteiger partial charge in [0.1, 0.15) is 5.75 Å². The number of amides is 2. The molecule has 0 aliphatic carbocycles. The first kappa shape index (κ1) is 22.7. The zero-order chi connectivity index (χ0) is 21.7. The molecular formula is C22H28ClN3O3. The molecule has 1 atom stereocenters. The van der Waals surface area contributed by atoms with Crippen LogP contribution >= 0.6 is 11.6 Å². The van der Waals surface area contributed by atoms with Crippen molar-refractivity contribution in [1.29, 1.82) is 0 Å². The molecule has 6 nitrogen and oxygen atoms in total. The van der Waals surface area contributed by atoms with Crippen molar-refractivity contribution in [2.45, 2.75) is 33.7 Å². The molecule has 2 aromatic carbocycles. The van der Waals surface area contributed by atoms with Gasteiger partial charge in [-0.05, 0) is 64.1 Å². The molecule has 0 heterocycles. The normalized spacial score (nSPS) is 11.9. The second kappa shape index (κ2) is 9.76. The molecule has 0 aromatic heterocycles. The molecule has 156 valence electrons. The van der Waals surface area contributed by atoms with Gasteiger partial charge in [-0.15, -0.1) is 0 Å². The Morgan fingerprint density at radius 2 is 1.72 bits per heavy atom. The smallest absolute Gasteiger partial charge is 0.241 e. The summed E-state index contributed by atoms with van der Waals surface area (Å²) in [7, 11) is 3.25. The predicted octanol–water partition coefficient (Wildman–Crippen LogP) is 4.17. The van der Waals surface area contributed by atoms with E-state index in [9.17, 15) is 9.59 Å². The quantitative estimate of drug-likeness (QED) is 0.709. The van der Waals surface area contributed by atoms with E-state index in [-0.39, 0.29) is 18.4 Å². The highest BCUT2D eigenvalue weighted by Crippen LogP contribution is 2.28. The maximum atomic E-state index is 12.6. The summed E-state index contributed by atoms with van der Waals surface area (Å²) in [6.45, 7) is 7.77. The molecule has 0 saturated carbocycles. The van der Waals surface area contributed by atoms with Gasteiger partial charge in [0.2, 0.25) is 11.8 Å². The van der Waals surface area contributed by atoms with E-state index in [1.807, 2.05) is 32.9 Å². The summed E-state index contributed by atoms with van der Waals surface area (Å²) in [5.74, 6) is 0.0757. The lowest BCUT2D eigenvalue weighted by Gasteiger charge is -2.24. The van der Waals surface area contributed by atoms with Crippen LogP contribution in [-0.4, -0.2) is 43.5 Å². The number of halogens is 1. The third-order valence-electron chi connectivity index (χ3n) is 4.79. The minimum absolute atomic E-state index is 0.0774. The van der Waals surface area contributed by atoms with E-state index >= 15 is 0 Å². The maximum Gasteiger partial charge on any atom is 0.241 e. The van der Waals surface area contributed by atoms with Crippen molar-refractivity contribution in [1.82, 2.24) is 4.90 Å². The standard InChI is InChI=1S/C22H28ClN3O3/c1-13-9-14(2)21(15(3)10-13)25-20(27)12-26(5)16(4)22(28)24-18-11-17(23)7-8-19(18)29-6/h7-11,16H,12H2,1-6H3,(H,24,28)(H,25,27)/t16-/m1/s1. The highest BCUT2D eigenvalue weighted by molar-refractivity contribution is 6.31. The molecule has 2 rings (SSSR count). The molecule has 2 aromatic rings. The van der Waals surface area contributed by atoms with Gasteiger partial charge in [-0.2, -0.15) is 0 Å². The topological polar surface area (TPSA) is 70.7 Å². The number of nitrogens with zero attached hydrogens (tertiary/aromatic N) is 1. The molecule has 0 unspecified atom stereocenters. The van der Waals surface area contributed by atoms with Gasteiger partial charge in [0.15, 0.2) is 0 Å². The third kappa shape index (κ3) is 5.95. The Hall–Kier alpha value is -2.57. The fourth-order valence-electron chi connectivity index (χ4n) is 3.13. The Labute approximate surface area is 177 Å². The SMILES string of the molecule is COc1ccc(Cl)cc1NC(=O)[C@@H](C)N(C)CC(=O)Nc1c(C)cc(C)cc1C. The van der Waals surface area contributed by atoms with E-state index in [0.29, 0.717) is 16.5 Å². The number of hydrogen-bond acceptors (Lipinski definition) is 4. The van der Waals surface area contributed by atoms with Crippen molar-refractivity contribution in [2.75, 3.05) is 31.3 Å². The second-order valence-corrected chi connectivity index (χ2v) is 7.68. The summed E-state index contributed by atoms with van der Waals surface area (Å²) in [6.07, 6.45) is 0. The van der Waals surface area contributed by atoms with Crippen LogP contribution in [0.5, 0.6) is 5.75 Å². The molecular weight excluding hydrogens is 390 g/mol. The van der Waals surface area contributed by atoms with Crippen LogP contribution in [0.2, 0.25) is 5.02 Å². The number of rotatable bonds is 7. The van der Waals surface area contributed by atoms with Crippen LogP contribution < -0.4 is 15.4 Å². The molecule has 0 fully saturated rings. The monoisotopic (exact) mass is 417 g/mol. The number of aryl methyl sites for hydroxylation is 3. The molecule has 29 heavy (non-hydrogen) atoms. The van der Waals surface area contributed by atoms with Crippen LogP contribution in [0.3, 0.4) is 0 Å². The first-order chi connectivity index (χ1) is 13.6. The number of ether oxygens (including phenoxy) is 1. The molecule has 2 N–H and O–H groups in total. The zero-order valence-corrected chi connectivity index (χ0v) is 18.5. The van der Waals surface area contributed by atoms with Gasteiger partial charge in [-0.1, -0.05) is 29.3 Å². The third-order valence-corrected chi connectivity index (χ3v) is 5.03. The van der Waals surface area contributed by atoms with Crippen molar-refractivity contribution in [3.8, 4) is 5.75 Å². The van der Waals surface area contributed by atoms with Gasteiger partial charge >= 0.3 is 0 Å². The lowest BCUT2D eigenvalue weighted by atomic mass is 10.1. The van der Waals surface area contributed by atoms with Crippen molar-refractivity contribution < 1.29 is 14.3 Å². The largest absolute Gasteiger partial charge is 0.495 e. The van der Waals surface area contributed by atoms with Crippen molar-refractivity contribution >= 4 is 34.8 Å². The van der Waals surface area contributed by atoms with Gasteiger partial charge in [0.05, 0.1) is 25.4 Å². The van der Waals surface area contributed by atoms with E-state index in [4.69, 9.17) is 16.3 Å². The van der Waals surface area contributed by atoms with Gasteiger partial charge in [-0.25, -0.2) is 0 Å². The van der Waals surface area contributed by atoms with E-state index in [0.717, 1.165) is 22.4 Å². The molecule has 0 spiro atoms. The Bertz CT molecular complexity index is 891. The summed E-state index contributed by atoms with van der Waals surface area (Å²) in [5, 5.41) is 6.26. The van der Waals surface area contributed by atoms with Crippen molar-refractivity contribution in [2.24, 2.45) is 0 Å². The van der Waals surface area contributed by atoms with E-state index < -0.39 is 6.04 Å². The number of methoxy groups -OCH3 is 1. The lowest BCUT2D eigenvalue weighted by Crippen LogP contribution is -2.43. The van der Waals surface area contributed by atoms with Gasteiger partial charge in [0, 0.05) is 10.7 Å². The maximum absolute atomic E-state index is 12.6. The minimum Gasteiger partial charge on any atom is -0.495 e. The number of carbonyl (C=O) groups excluding carboxylic acids is 2. The Morgan fingerprint density at radius 3 is 2.31 bits per heavy atom. The zero-order valence-electron chi connectivity index (χ0n) is 17.7. The van der Waals surface area contributed by atoms with Crippen molar-refractivity contribution in [3.05, 3.63) is 52.0 Å². The van der Waals surface area contributed by atoms with Crippen molar-refractivity contribution in [3.63, 3.8) is 0 Å². The summed E-state index contributed by atoms with van der Waals surface area (Å²) in [4.78, 5) is 26.8. The summed E-state index contributed by atoms with van der Waals surface area (Å²) in [6, 6.07) is 8.52. The molecule has 0 aliphatic rings. The second-order valence-electron chi connectivity index (χ2n) is 7.25. The first-order valence-corrected chi connectivity index (χ1v) is 9.72. The first-order valence-electron chi connectivity index (χ1n) is 9.34. The van der Waals surface area contributed by atoms with Crippen LogP contribution in [0, 0.1) is 20.8 Å². The summed E-state index contributed by atoms with van der Waals surface area (Å²) in [5.41, 5.74) is 4.47. The fourth-order valence-corrected chi connectivity index (χ4v) is 3.31. The van der Waals surface area contributed by atoms with E-state index in [2.05, 4.69) is 10.6 Å². The minimum atomic E-state index is -0.537. The molecule has 0 saturated heterocycles. The number of likely N-dealkylation sites (N-methyl/N-ethyl adjacent to an activating group) is 1. The molecule has 0 bridgehead atoms. The summed E-state index contributed by atoms with van der Waals surface area (Å²) >= 11 is 6.01.